The quantitative estimate of drug-likeness (QED) is 0.104. The number of nitrogens with zero attached hydrogens (tertiary/aromatic N) is 5. The molecular formula is C57H78ClFN10O6. The van der Waals surface area contributed by atoms with Gasteiger partial charge in [-0.3, -0.25) is 4.98 Å². The number of pyridine rings is 1. The van der Waals surface area contributed by atoms with Crippen LogP contribution in [0.3, 0.4) is 0 Å². The number of carbonyl (C=O) groups excluding carboxylic acids is 3. The summed E-state index contributed by atoms with van der Waals surface area (Å²) in [5.41, 5.74) is 3.69. The Balaban J connectivity index is 0.000000141. The van der Waals surface area contributed by atoms with Gasteiger partial charge in [-0.05, 0) is 150 Å². The molecule has 16 nitrogen and oxygen atoms in total. The van der Waals surface area contributed by atoms with Crippen LogP contribution in [0.5, 0.6) is 17.2 Å². The van der Waals surface area contributed by atoms with Crippen molar-refractivity contribution in [2.45, 2.75) is 127 Å². The Kier molecular flexibility index (Phi) is 18.5. The van der Waals surface area contributed by atoms with Gasteiger partial charge in [-0.2, -0.15) is 0 Å². The fraction of sp³-hybridized carbons (Fsp3) is 0.544. The van der Waals surface area contributed by atoms with Crippen molar-refractivity contribution in [3.8, 4) is 17.2 Å². The smallest absolute Gasteiger partial charge is 0.318 e. The lowest BCUT2D eigenvalue weighted by Crippen LogP contribution is -2.52. The summed E-state index contributed by atoms with van der Waals surface area (Å²) in [5, 5.41) is 16.1. The molecule has 8 bridgehead atoms. The van der Waals surface area contributed by atoms with E-state index in [0.717, 1.165) is 84.3 Å². The normalized spacial score (nSPS) is 26.1. The van der Waals surface area contributed by atoms with Gasteiger partial charge in [0.25, 0.3) is 0 Å². The number of fused-ring (bicyclic) bond motifs is 8. The largest absolute Gasteiger partial charge is 0.497 e. The van der Waals surface area contributed by atoms with Gasteiger partial charge in [0.1, 0.15) is 17.2 Å². The monoisotopic (exact) mass is 1050 g/mol. The van der Waals surface area contributed by atoms with Crippen molar-refractivity contribution in [2.75, 3.05) is 65.5 Å². The third kappa shape index (κ3) is 13.3. The second-order valence-corrected chi connectivity index (χ2v) is 21.4. The molecule has 6 aliphatic heterocycles. The number of benzene rings is 3. The van der Waals surface area contributed by atoms with Crippen LogP contribution in [0, 0.1) is 17.7 Å². The fourth-order valence-electron chi connectivity index (χ4n) is 12.4. The van der Waals surface area contributed by atoms with E-state index in [1.807, 2.05) is 108 Å². The number of urea groups is 3. The maximum Gasteiger partial charge on any atom is 0.318 e. The highest BCUT2D eigenvalue weighted by molar-refractivity contribution is 5.85. The van der Waals surface area contributed by atoms with Crippen molar-refractivity contribution < 1.29 is 33.0 Å². The molecule has 2 aliphatic carbocycles. The maximum atomic E-state index is 14.0. The highest BCUT2D eigenvalue weighted by Crippen LogP contribution is 2.38. The molecule has 6 saturated heterocycles. The number of ether oxygens (including phenoxy) is 3. The Hall–Kier alpha value is -6.04. The van der Waals surface area contributed by atoms with Crippen LogP contribution >= 0.6 is 12.4 Å². The number of likely N-dealkylation sites (tertiary alicyclic amines) is 3. The predicted molar refractivity (Wildman–Crippen MR) is 291 cm³/mol. The van der Waals surface area contributed by atoms with Gasteiger partial charge in [-0.1, -0.05) is 36.4 Å². The summed E-state index contributed by atoms with van der Waals surface area (Å²) in [6.45, 7) is 11.2. The minimum absolute atomic E-state index is 0. The van der Waals surface area contributed by atoms with E-state index >= 15 is 0 Å². The Morgan fingerprint density at radius 2 is 1.11 bits per heavy atom. The van der Waals surface area contributed by atoms with Gasteiger partial charge in [0, 0.05) is 69.1 Å². The van der Waals surface area contributed by atoms with Crippen LogP contribution in [0.1, 0.15) is 107 Å². The van der Waals surface area contributed by atoms with Crippen LogP contribution in [0.2, 0.25) is 0 Å². The van der Waals surface area contributed by atoms with Crippen molar-refractivity contribution in [3.63, 3.8) is 0 Å². The van der Waals surface area contributed by atoms with E-state index in [-0.39, 0.29) is 66.5 Å². The molecule has 0 unspecified atom stereocenters. The van der Waals surface area contributed by atoms with Crippen LogP contribution in [0.4, 0.5) is 24.5 Å². The first-order valence-electron chi connectivity index (χ1n) is 26.8. The summed E-state index contributed by atoms with van der Waals surface area (Å²) in [6, 6.07) is 27.4. The summed E-state index contributed by atoms with van der Waals surface area (Å²) in [4.78, 5) is 49.2. The number of amides is 6. The molecule has 12 rings (SSSR count). The molecule has 75 heavy (non-hydrogen) atoms. The molecule has 0 radical (unpaired) electrons. The number of piperazine rings is 2. The van der Waals surface area contributed by atoms with Gasteiger partial charge in [-0.25, -0.2) is 18.8 Å². The van der Waals surface area contributed by atoms with E-state index in [9.17, 15) is 18.8 Å². The molecule has 7 heterocycles. The summed E-state index contributed by atoms with van der Waals surface area (Å²) in [7, 11) is 4.93. The van der Waals surface area contributed by atoms with Gasteiger partial charge in [0.2, 0.25) is 0 Å². The van der Waals surface area contributed by atoms with Crippen molar-refractivity contribution in [2.24, 2.45) is 11.8 Å². The van der Waals surface area contributed by atoms with Crippen LogP contribution in [-0.4, -0.2) is 135 Å². The molecule has 5 N–H and O–H groups in total. The molecule has 18 heteroatoms. The van der Waals surface area contributed by atoms with E-state index in [1.54, 1.807) is 33.6 Å². The average molecular weight is 1050 g/mol. The highest BCUT2D eigenvalue weighted by Gasteiger charge is 2.46. The topological polar surface area (TPSA) is 165 Å². The number of hydrogen-bond donors (Lipinski definition) is 5. The third-order valence-corrected chi connectivity index (χ3v) is 16.6. The lowest BCUT2D eigenvalue weighted by atomic mass is 10.1. The average Bonchev–Trinajstić information content (AvgIpc) is 4.31. The third-order valence-electron chi connectivity index (χ3n) is 16.6. The number of piperidine rings is 2. The predicted octanol–water partition coefficient (Wildman–Crippen LogP) is 8.61. The number of halogens is 2. The second kappa shape index (κ2) is 25.2. The molecule has 406 valence electrons. The minimum Gasteiger partial charge on any atom is -0.497 e. The Morgan fingerprint density at radius 3 is 1.48 bits per heavy atom. The highest BCUT2D eigenvalue weighted by atomic mass is 35.5. The van der Waals surface area contributed by atoms with E-state index in [2.05, 4.69) is 36.5 Å². The van der Waals surface area contributed by atoms with Crippen LogP contribution < -0.4 is 45.7 Å². The van der Waals surface area contributed by atoms with E-state index in [0.29, 0.717) is 36.9 Å². The Bertz CT molecular complexity index is 2450. The zero-order valence-corrected chi connectivity index (χ0v) is 45.2. The van der Waals surface area contributed by atoms with Crippen LogP contribution in [0.15, 0.2) is 91.3 Å². The van der Waals surface area contributed by atoms with Crippen LogP contribution in [-0.2, 0) is 0 Å². The second-order valence-electron chi connectivity index (χ2n) is 21.4. The van der Waals surface area contributed by atoms with Crippen LogP contribution in [0.25, 0.3) is 0 Å². The Morgan fingerprint density at radius 1 is 0.573 bits per heavy atom. The van der Waals surface area contributed by atoms with Gasteiger partial charge in [-0.15, -0.1) is 12.4 Å². The molecule has 1 aromatic heterocycles. The molecule has 0 spiro atoms. The fourth-order valence-corrected chi connectivity index (χ4v) is 12.4. The maximum absolute atomic E-state index is 14.0. The molecular weight excluding hydrogens is 975 g/mol. The molecule has 4 aromatic rings. The number of anilines is 1. The number of carbonyl (C=O) groups is 3. The minimum atomic E-state index is -0.312. The van der Waals surface area contributed by atoms with Crippen molar-refractivity contribution in [1.82, 2.24) is 46.3 Å². The van der Waals surface area contributed by atoms with Gasteiger partial charge >= 0.3 is 18.1 Å². The first kappa shape index (κ1) is 55.2. The summed E-state index contributed by atoms with van der Waals surface area (Å²) < 4.78 is 29.7. The molecule has 3 aromatic carbocycles. The molecule has 2 saturated carbocycles. The molecule has 8 fully saturated rings. The van der Waals surface area contributed by atoms with E-state index in [1.165, 1.54) is 51.3 Å². The van der Waals surface area contributed by atoms with Crippen molar-refractivity contribution >= 4 is 36.2 Å². The number of aromatic nitrogens is 1. The molecule has 6 amide bonds. The van der Waals surface area contributed by atoms with Crippen molar-refractivity contribution in [3.05, 3.63) is 114 Å². The number of rotatable bonds is 10. The van der Waals surface area contributed by atoms with Crippen molar-refractivity contribution in [1.29, 1.82) is 0 Å². The first-order chi connectivity index (χ1) is 35.9. The number of hydrogen-bond acceptors (Lipinski definition) is 10. The SMILES string of the molecule is C1C[C@@H]2C[C@H]1CN2.COc1cccc([C@@H](C)NC(=O)N2C[C@@H]3C[C@H]2CN3)c1.COc1cccc([C@@H](C)NC(=O)N2C[C@@H]3C[C@H]2CN3c2ccncc2F)c1.COc1cccc([C@@H](C)NC(=O)N2C[C@H]3CC[C@@H]2C3)c1.Cl. The number of nitrogens with one attached hydrogen (secondary N) is 5. The van der Waals surface area contributed by atoms with E-state index < -0.39 is 0 Å². The molecule has 11 atom stereocenters. The molecule has 8 aliphatic rings. The Labute approximate surface area is 448 Å². The van der Waals surface area contributed by atoms with Gasteiger partial charge in [0.15, 0.2) is 5.82 Å². The lowest BCUT2D eigenvalue weighted by Gasteiger charge is -2.36. The lowest BCUT2D eigenvalue weighted by molar-refractivity contribution is 0.177. The zero-order valence-electron chi connectivity index (χ0n) is 44.4. The van der Waals surface area contributed by atoms with E-state index in [4.69, 9.17) is 14.2 Å². The summed E-state index contributed by atoms with van der Waals surface area (Å²) in [6.07, 6.45) is 12.9. The number of methoxy groups -OCH3 is 3. The van der Waals surface area contributed by atoms with Gasteiger partial charge in [0.05, 0.1) is 57.4 Å². The standard InChI is InChI=1S/C20H23FN4O2.C16H22N2O2.C15H21N3O2.C6H11N.ClH/c1-13(14-4-3-5-17(8-14)27-2)23-20(26)25-12-15-9-16(25)11-24(15)19-6-7-22-10-18(19)21;1-11(13-4-3-5-15(9-13)20-2)17-16(19)18-10-12-6-7-14(18)8-12;1-10(11-4-3-5-14(6-11)20-2)17-15(19)18-9-12-7-13(18)8-16-12;1-2-6-3-5(1)4-7-6;/h3-8,10,13,15-16H,9,11-12H2,1-2H3,(H,23,26);3-5,9,11-12,14H,6-8,10H2,1-2H3,(H,17,19);3-6,10,12-13,16H,7-9H2,1-2H3,(H,17,19);5-7H,1-4H2;1H/t13-,15+,16+;11-,12+,14-;10-,12+,13+;5-,6+;/m1110./s1. The zero-order chi connectivity index (χ0) is 51.9. The summed E-state index contributed by atoms with van der Waals surface area (Å²) in [5.74, 6) is 3.89. The summed E-state index contributed by atoms with van der Waals surface area (Å²) >= 11 is 0. The van der Waals surface area contributed by atoms with Gasteiger partial charge < -0.3 is 60.4 Å². The first-order valence-corrected chi connectivity index (χ1v) is 26.8.